The molecular weight excluding hydrogens is 392 g/mol. The molecule has 2 aliphatic rings. The van der Waals surface area contributed by atoms with Gasteiger partial charge < -0.3 is 14.6 Å². The van der Waals surface area contributed by atoms with Crippen molar-refractivity contribution < 1.29 is 14.0 Å². The first-order valence-electron chi connectivity index (χ1n) is 10.1. The molecule has 0 aromatic carbocycles. The van der Waals surface area contributed by atoms with Crippen molar-refractivity contribution in [2.75, 3.05) is 23.7 Å². The van der Waals surface area contributed by atoms with Gasteiger partial charge in [-0.15, -0.1) is 10.2 Å². The SMILES string of the molecule is O=C(CSc1nnc(N2CCCC2)n1Cc1ccco1)NC(=O)NC1CCCC1. The highest BCUT2D eigenvalue weighted by Gasteiger charge is 2.23. The lowest BCUT2D eigenvalue weighted by Gasteiger charge is -2.17. The van der Waals surface area contributed by atoms with Crippen LogP contribution < -0.4 is 15.5 Å². The molecule has 3 amide bonds. The van der Waals surface area contributed by atoms with Gasteiger partial charge in [0.25, 0.3) is 0 Å². The fraction of sp³-hybridized carbons (Fsp3) is 0.579. The summed E-state index contributed by atoms with van der Waals surface area (Å²) in [7, 11) is 0. The van der Waals surface area contributed by atoms with Gasteiger partial charge in [0.15, 0.2) is 5.16 Å². The van der Waals surface area contributed by atoms with E-state index in [0.29, 0.717) is 11.7 Å². The van der Waals surface area contributed by atoms with Crippen LogP contribution in [0.3, 0.4) is 0 Å². The first-order chi connectivity index (χ1) is 14.2. The highest BCUT2D eigenvalue weighted by atomic mass is 32.2. The molecule has 1 saturated heterocycles. The van der Waals surface area contributed by atoms with Gasteiger partial charge in [-0.2, -0.15) is 0 Å². The Morgan fingerprint density at radius 1 is 1.17 bits per heavy atom. The molecule has 2 aromatic rings. The van der Waals surface area contributed by atoms with Crippen LogP contribution in [-0.4, -0.2) is 51.6 Å². The molecule has 2 fully saturated rings. The minimum absolute atomic E-state index is 0.0916. The van der Waals surface area contributed by atoms with E-state index in [1.54, 1.807) is 6.26 Å². The number of carbonyl (C=O) groups excluding carboxylic acids is 2. The molecule has 0 spiro atoms. The summed E-state index contributed by atoms with van der Waals surface area (Å²) in [6.07, 6.45) is 8.11. The van der Waals surface area contributed by atoms with Crippen molar-refractivity contribution in [3.8, 4) is 0 Å². The third kappa shape index (κ3) is 5.11. The van der Waals surface area contributed by atoms with Crippen molar-refractivity contribution in [1.82, 2.24) is 25.4 Å². The summed E-state index contributed by atoms with van der Waals surface area (Å²) in [6.45, 7) is 2.39. The van der Waals surface area contributed by atoms with Crippen LogP contribution in [0, 0.1) is 0 Å². The van der Waals surface area contributed by atoms with E-state index in [0.717, 1.165) is 63.3 Å². The highest BCUT2D eigenvalue weighted by Crippen LogP contribution is 2.26. The summed E-state index contributed by atoms with van der Waals surface area (Å²) in [5.41, 5.74) is 0. The summed E-state index contributed by atoms with van der Waals surface area (Å²) < 4.78 is 7.46. The van der Waals surface area contributed by atoms with Crippen LogP contribution in [0.25, 0.3) is 0 Å². The summed E-state index contributed by atoms with van der Waals surface area (Å²) in [5.74, 6) is 1.34. The molecule has 2 N–H and O–H groups in total. The zero-order valence-electron chi connectivity index (χ0n) is 16.3. The number of urea groups is 1. The number of hydrogen-bond acceptors (Lipinski definition) is 7. The molecule has 1 aliphatic carbocycles. The van der Waals surface area contributed by atoms with E-state index in [9.17, 15) is 9.59 Å². The number of nitrogens with zero attached hydrogens (tertiary/aromatic N) is 4. The molecule has 4 rings (SSSR count). The van der Waals surface area contributed by atoms with Gasteiger partial charge >= 0.3 is 6.03 Å². The molecule has 1 saturated carbocycles. The van der Waals surface area contributed by atoms with Crippen molar-refractivity contribution >= 4 is 29.6 Å². The second-order valence-corrected chi connectivity index (χ2v) is 8.38. The van der Waals surface area contributed by atoms with Crippen LogP contribution in [0.15, 0.2) is 28.0 Å². The molecule has 156 valence electrons. The minimum atomic E-state index is -0.419. The zero-order chi connectivity index (χ0) is 20.1. The van der Waals surface area contributed by atoms with Gasteiger partial charge in [-0.25, -0.2) is 4.79 Å². The minimum Gasteiger partial charge on any atom is -0.467 e. The lowest BCUT2D eigenvalue weighted by Crippen LogP contribution is -2.44. The number of nitrogens with one attached hydrogen (secondary N) is 2. The maximum absolute atomic E-state index is 12.2. The smallest absolute Gasteiger partial charge is 0.321 e. The number of furan rings is 1. The van der Waals surface area contributed by atoms with Gasteiger partial charge in [0.05, 0.1) is 18.6 Å². The lowest BCUT2D eigenvalue weighted by molar-refractivity contribution is -0.117. The first kappa shape index (κ1) is 19.8. The monoisotopic (exact) mass is 418 g/mol. The van der Waals surface area contributed by atoms with E-state index in [2.05, 4.69) is 25.7 Å². The average Bonchev–Trinajstić information content (AvgIpc) is 3.49. The normalized spacial score (nSPS) is 17.0. The van der Waals surface area contributed by atoms with Crippen LogP contribution in [-0.2, 0) is 11.3 Å². The molecule has 29 heavy (non-hydrogen) atoms. The fourth-order valence-corrected chi connectivity index (χ4v) is 4.55. The van der Waals surface area contributed by atoms with E-state index < -0.39 is 6.03 Å². The van der Waals surface area contributed by atoms with Crippen molar-refractivity contribution in [1.29, 1.82) is 0 Å². The van der Waals surface area contributed by atoms with Gasteiger partial charge in [0.2, 0.25) is 11.9 Å². The molecule has 10 heteroatoms. The standard InChI is InChI=1S/C19H26N6O3S/c26-16(21-17(27)20-14-6-1-2-7-14)13-29-19-23-22-18(24-9-3-4-10-24)25(19)12-15-8-5-11-28-15/h5,8,11,14H,1-4,6-7,9-10,12-13H2,(H2,20,21,26,27). The topological polar surface area (TPSA) is 105 Å². The van der Waals surface area contributed by atoms with Crippen LogP contribution in [0.2, 0.25) is 0 Å². The Balaban J connectivity index is 1.37. The largest absolute Gasteiger partial charge is 0.467 e. The van der Waals surface area contributed by atoms with Crippen molar-refractivity contribution in [2.24, 2.45) is 0 Å². The van der Waals surface area contributed by atoms with E-state index >= 15 is 0 Å². The van der Waals surface area contributed by atoms with E-state index in [-0.39, 0.29) is 17.7 Å². The van der Waals surface area contributed by atoms with Gasteiger partial charge in [0, 0.05) is 19.1 Å². The second kappa shape index (κ2) is 9.34. The summed E-state index contributed by atoms with van der Waals surface area (Å²) in [5, 5.41) is 14.5. The van der Waals surface area contributed by atoms with Crippen LogP contribution in [0.1, 0.15) is 44.3 Å². The highest BCUT2D eigenvalue weighted by molar-refractivity contribution is 7.99. The third-order valence-electron chi connectivity index (χ3n) is 5.26. The Bertz CT molecular complexity index is 825. The molecule has 3 heterocycles. The number of anilines is 1. The Kier molecular flexibility index (Phi) is 6.38. The molecule has 0 radical (unpaired) electrons. The Hall–Kier alpha value is -2.49. The van der Waals surface area contributed by atoms with Crippen molar-refractivity contribution in [2.45, 2.75) is 56.3 Å². The predicted molar refractivity (Wildman–Crippen MR) is 109 cm³/mol. The number of hydrogen-bond donors (Lipinski definition) is 2. The Labute approximate surface area is 173 Å². The number of thioether (sulfide) groups is 1. The fourth-order valence-electron chi connectivity index (χ4n) is 3.82. The van der Waals surface area contributed by atoms with Gasteiger partial charge in [0.1, 0.15) is 5.76 Å². The van der Waals surface area contributed by atoms with E-state index in [1.165, 1.54) is 11.8 Å². The molecule has 2 aromatic heterocycles. The number of imide groups is 1. The number of rotatable bonds is 7. The van der Waals surface area contributed by atoms with E-state index in [4.69, 9.17) is 4.42 Å². The number of carbonyl (C=O) groups is 2. The predicted octanol–water partition coefficient (Wildman–Crippen LogP) is 2.38. The molecule has 0 unspecified atom stereocenters. The zero-order valence-corrected chi connectivity index (χ0v) is 17.1. The average molecular weight is 419 g/mol. The second-order valence-electron chi connectivity index (χ2n) is 7.43. The molecule has 1 aliphatic heterocycles. The first-order valence-corrected chi connectivity index (χ1v) is 11.1. The van der Waals surface area contributed by atoms with Gasteiger partial charge in [-0.1, -0.05) is 24.6 Å². The maximum atomic E-state index is 12.2. The van der Waals surface area contributed by atoms with E-state index in [1.807, 2.05) is 16.7 Å². The number of amides is 3. The van der Waals surface area contributed by atoms with Crippen molar-refractivity contribution in [3.63, 3.8) is 0 Å². The summed E-state index contributed by atoms with van der Waals surface area (Å²) >= 11 is 1.27. The van der Waals surface area contributed by atoms with Gasteiger partial charge in [-0.3, -0.25) is 14.7 Å². The lowest BCUT2D eigenvalue weighted by atomic mass is 10.2. The molecule has 0 atom stereocenters. The quantitative estimate of drug-likeness (QED) is 0.665. The van der Waals surface area contributed by atoms with Crippen molar-refractivity contribution in [3.05, 3.63) is 24.2 Å². The maximum Gasteiger partial charge on any atom is 0.321 e. The van der Waals surface area contributed by atoms with Crippen LogP contribution >= 0.6 is 11.8 Å². The summed E-state index contributed by atoms with van der Waals surface area (Å²) in [4.78, 5) is 26.4. The molecular formula is C19H26N6O3S. The number of aromatic nitrogens is 3. The van der Waals surface area contributed by atoms with Crippen LogP contribution in [0.4, 0.5) is 10.7 Å². The van der Waals surface area contributed by atoms with Gasteiger partial charge in [-0.05, 0) is 37.8 Å². The third-order valence-corrected chi connectivity index (χ3v) is 6.22. The Morgan fingerprint density at radius 2 is 1.97 bits per heavy atom. The summed E-state index contributed by atoms with van der Waals surface area (Å²) in [6, 6.07) is 3.51. The molecule has 9 nitrogen and oxygen atoms in total. The Morgan fingerprint density at radius 3 is 2.69 bits per heavy atom. The molecule has 0 bridgehead atoms. The van der Waals surface area contributed by atoms with Crippen LogP contribution in [0.5, 0.6) is 0 Å².